The summed E-state index contributed by atoms with van der Waals surface area (Å²) in [5.74, 6) is 0. The molecule has 0 aromatic carbocycles. The van der Waals surface area contributed by atoms with Crippen molar-refractivity contribution in [3.63, 3.8) is 0 Å². The van der Waals surface area contributed by atoms with Crippen molar-refractivity contribution in [2.75, 3.05) is 6.54 Å². The molecule has 1 saturated carbocycles. The maximum absolute atomic E-state index is 3.81. The molecule has 1 unspecified atom stereocenters. The zero-order valence-electron chi connectivity index (χ0n) is 13.1. The number of hydrogen-bond acceptors (Lipinski definition) is 1. The fraction of sp³-hybridized carbons (Fsp3) is 1.00. The molecule has 1 rings (SSSR count). The summed E-state index contributed by atoms with van der Waals surface area (Å²) in [6.45, 7) is 8.11. The van der Waals surface area contributed by atoms with Gasteiger partial charge in [0.25, 0.3) is 0 Å². The average molecular weight is 253 g/mol. The van der Waals surface area contributed by atoms with E-state index in [2.05, 4.69) is 26.1 Å². The van der Waals surface area contributed by atoms with E-state index in [9.17, 15) is 0 Å². The summed E-state index contributed by atoms with van der Waals surface area (Å²) >= 11 is 0. The molecule has 0 heterocycles. The van der Waals surface area contributed by atoms with Crippen LogP contribution in [0.25, 0.3) is 0 Å². The number of unbranched alkanes of at least 4 members (excludes halogenated alkanes) is 4. The molecule has 1 nitrogen and oxygen atoms in total. The normalized spacial score (nSPS) is 20.2. The third-order valence-corrected chi connectivity index (χ3v) is 5.09. The van der Waals surface area contributed by atoms with Crippen LogP contribution >= 0.6 is 0 Å². The molecule has 1 N–H and O–H groups in total. The van der Waals surface area contributed by atoms with Gasteiger partial charge in [-0.05, 0) is 37.6 Å². The van der Waals surface area contributed by atoms with Gasteiger partial charge < -0.3 is 5.32 Å². The Morgan fingerprint density at radius 3 is 2.17 bits per heavy atom. The maximum atomic E-state index is 3.81. The van der Waals surface area contributed by atoms with E-state index in [1.54, 1.807) is 0 Å². The summed E-state index contributed by atoms with van der Waals surface area (Å²) < 4.78 is 0. The first kappa shape index (κ1) is 16.0. The summed E-state index contributed by atoms with van der Waals surface area (Å²) in [6, 6.07) is 0.789. The molecule has 0 spiro atoms. The summed E-state index contributed by atoms with van der Waals surface area (Å²) in [7, 11) is 0. The molecule has 0 amide bonds. The van der Waals surface area contributed by atoms with E-state index >= 15 is 0 Å². The van der Waals surface area contributed by atoms with Gasteiger partial charge in [-0.3, -0.25) is 0 Å². The average Bonchev–Trinajstić information content (AvgIpc) is 2.87. The molecule has 1 fully saturated rings. The van der Waals surface area contributed by atoms with Crippen molar-refractivity contribution in [2.24, 2.45) is 5.41 Å². The molecule has 1 heteroatoms. The highest BCUT2D eigenvalue weighted by atomic mass is 14.9. The van der Waals surface area contributed by atoms with Crippen molar-refractivity contribution >= 4 is 0 Å². The SMILES string of the molecule is CCCCCCCC(NCC)C1(CC)CCCC1. The van der Waals surface area contributed by atoms with E-state index in [1.165, 1.54) is 70.6 Å². The lowest BCUT2D eigenvalue weighted by Crippen LogP contribution is -2.43. The topological polar surface area (TPSA) is 12.0 Å². The fourth-order valence-electron chi connectivity index (χ4n) is 3.85. The third kappa shape index (κ3) is 4.57. The second-order valence-electron chi connectivity index (χ2n) is 6.24. The second-order valence-corrected chi connectivity index (χ2v) is 6.24. The van der Waals surface area contributed by atoms with E-state index in [0.29, 0.717) is 5.41 Å². The summed E-state index contributed by atoms with van der Waals surface area (Å²) in [6.07, 6.45) is 15.7. The van der Waals surface area contributed by atoms with Gasteiger partial charge in [-0.15, -0.1) is 0 Å². The quantitative estimate of drug-likeness (QED) is 0.521. The van der Waals surface area contributed by atoms with E-state index < -0.39 is 0 Å². The third-order valence-electron chi connectivity index (χ3n) is 5.09. The van der Waals surface area contributed by atoms with Crippen LogP contribution < -0.4 is 5.32 Å². The van der Waals surface area contributed by atoms with Crippen LogP contribution in [0.2, 0.25) is 0 Å². The standard InChI is InChI=1S/C17H35N/c1-4-7-8-9-10-13-16(18-6-3)17(5-2)14-11-12-15-17/h16,18H,4-15H2,1-3H3. The predicted octanol–water partition coefficient (Wildman–Crippen LogP) is 5.30. The van der Waals surface area contributed by atoms with Crippen LogP contribution in [0.15, 0.2) is 0 Å². The van der Waals surface area contributed by atoms with E-state index in [-0.39, 0.29) is 0 Å². The molecule has 0 saturated heterocycles. The van der Waals surface area contributed by atoms with Crippen molar-refractivity contribution in [1.82, 2.24) is 5.32 Å². The Bertz CT molecular complexity index is 194. The van der Waals surface area contributed by atoms with Crippen LogP contribution in [0.4, 0.5) is 0 Å². The maximum Gasteiger partial charge on any atom is 0.0123 e. The van der Waals surface area contributed by atoms with Gasteiger partial charge in [-0.1, -0.05) is 65.7 Å². The van der Waals surface area contributed by atoms with Crippen molar-refractivity contribution in [3.8, 4) is 0 Å². The molecule has 18 heavy (non-hydrogen) atoms. The van der Waals surface area contributed by atoms with Crippen LogP contribution in [0, 0.1) is 5.41 Å². The number of nitrogens with one attached hydrogen (secondary N) is 1. The van der Waals surface area contributed by atoms with Crippen LogP contribution in [0.3, 0.4) is 0 Å². The van der Waals surface area contributed by atoms with Gasteiger partial charge in [0, 0.05) is 6.04 Å². The van der Waals surface area contributed by atoms with Crippen LogP contribution in [0.5, 0.6) is 0 Å². The highest BCUT2D eigenvalue weighted by Gasteiger charge is 2.38. The summed E-state index contributed by atoms with van der Waals surface area (Å²) in [5.41, 5.74) is 0.640. The van der Waals surface area contributed by atoms with Crippen molar-refractivity contribution < 1.29 is 0 Å². The molecule has 1 atom stereocenters. The molecular formula is C17H35N. The van der Waals surface area contributed by atoms with Crippen LogP contribution in [-0.2, 0) is 0 Å². The first-order chi connectivity index (χ1) is 8.79. The van der Waals surface area contributed by atoms with Gasteiger partial charge in [0.1, 0.15) is 0 Å². The van der Waals surface area contributed by atoms with Gasteiger partial charge in [-0.25, -0.2) is 0 Å². The first-order valence-corrected chi connectivity index (χ1v) is 8.52. The monoisotopic (exact) mass is 253 g/mol. The molecule has 1 aliphatic rings. The van der Waals surface area contributed by atoms with Gasteiger partial charge in [-0.2, -0.15) is 0 Å². The lowest BCUT2D eigenvalue weighted by molar-refractivity contribution is 0.175. The summed E-state index contributed by atoms with van der Waals surface area (Å²) in [4.78, 5) is 0. The van der Waals surface area contributed by atoms with Crippen molar-refractivity contribution in [1.29, 1.82) is 0 Å². The predicted molar refractivity (Wildman–Crippen MR) is 82.0 cm³/mol. The van der Waals surface area contributed by atoms with Gasteiger partial charge >= 0.3 is 0 Å². The molecule has 0 aliphatic heterocycles. The Morgan fingerprint density at radius 2 is 1.61 bits per heavy atom. The highest BCUT2D eigenvalue weighted by Crippen LogP contribution is 2.45. The Hall–Kier alpha value is -0.0400. The minimum absolute atomic E-state index is 0.640. The van der Waals surface area contributed by atoms with Gasteiger partial charge in [0.15, 0.2) is 0 Å². The van der Waals surface area contributed by atoms with E-state index in [1.807, 2.05) is 0 Å². The Labute approximate surface area is 115 Å². The molecule has 1 aliphatic carbocycles. The molecule has 108 valence electrons. The zero-order valence-corrected chi connectivity index (χ0v) is 13.1. The van der Waals surface area contributed by atoms with Gasteiger partial charge in [0.2, 0.25) is 0 Å². The van der Waals surface area contributed by atoms with Crippen molar-refractivity contribution in [2.45, 2.75) is 97.4 Å². The number of hydrogen-bond donors (Lipinski definition) is 1. The smallest absolute Gasteiger partial charge is 0.0123 e. The number of rotatable bonds is 10. The molecular weight excluding hydrogens is 218 g/mol. The van der Waals surface area contributed by atoms with Gasteiger partial charge in [0.05, 0.1) is 0 Å². The lowest BCUT2D eigenvalue weighted by atomic mass is 9.74. The molecule has 0 radical (unpaired) electrons. The Kier molecular flexibility index (Phi) is 7.97. The second kappa shape index (κ2) is 8.96. The highest BCUT2D eigenvalue weighted by molar-refractivity contribution is 4.93. The largest absolute Gasteiger partial charge is 0.314 e. The van der Waals surface area contributed by atoms with Crippen LogP contribution in [-0.4, -0.2) is 12.6 Å². The molecule has 0 aromatic rings. The zero-order chi connectivity index (χ0) is 13.3. The lowest BCUT2D eigenvalue weighted by Gasteiger charge is -2.38. The summed E-state index contributed by atoms with van der Waals surface area (Å²) in [5, 5.41) is 3.81. The minimum Gasteiger partial charge on any atom is -0.314 e. The Balaban J connectivity index is 2.38. The minimum atomic E-state index is 0.640. The Morgan fingerprint density at radius 1 is 0.944 bits per heavy atom. The molecule has 0 aromatic heterocycles. The molecule has 0 bridgehead atoms. The van der Waals surface area contributed by atoms with E-state index in [0.717, 1.165) is 12.6 Å². The van der Waals surface area contributed by atoms with E-state index in [4.69, 9.17) is 0 Å². The fourth-order valence-corrected chi connectivity index (χ4v) is 3.85. The van der Waals surface area contributed by atoms with Crippen LogP contribution in [0.1, 0.15) is 91.4 Å². The first-order valence-electron chi connectivity index (χ1n) is 8.52. The van der Waals surface area contributed by atoms with Crippen molar-refractivity contribution in [3.05, 3.63) is 0 Å².